The van der Waals surface area contributed by atoms with Crippen molar-refractivity contribution in [1.29, 1.82) is 0 Å². The molecule has 0 atom stereocenters. The monoisotopic (exact) mass is 337 g/mol. The topological polar surface area (TPSA) is 70.6 Å². The summed E-state index contributed by atoms with van der Waals surface area (Å²) in [6.07, 6.45) is 0. The normalized spacial score (nSPS) is 11.4. The van der Waals surface area contributed by atoms with Crippen molar-refractivity contribution in [2.75, 3.05) is 5.32 Å². The maximum absolute atomic E-state index is 13.2. The Morgan fingerprint density at radius 1 is 1.25 bits per heavy atom. The Hall–Kier alpha value is -2.08. The van der Waals surface area contributed by atoms with Gasteiger partial charge in [0.05, 0.1) is 0 Å². The van der Waals surface area contributed by atoms with Gasteiger partial charge in [-0.1, -0.05) is 27.2 Å². The van der Waals surface area contributed by atoms with Crippen LogP contribution in [0.5, 0.6) is 0 Å². The Morgan fingerprint density at radius 2 is 1.95 bits per heavy atom. The van der Waals surface area contributed by atoms with Crippen molar-refractivity contribution >= 4 is 27.5 Å². The molecule has 0 fully saturated rings. The largest absolute Gasteiger partial charge is 0.409 e. The zero-order valence-electron chi connectivity index (χ0n) is 10.5. The fourth-order valence-corrected chi connectivity index (χ4v) is 2.02. The number of hydrogen-bond acceptors (Lipinski definition) is 3. The first-order valence-electron chi connectivity index (χ1n) is 5.86. The summed E-state index contributed by atoms with van der Waals surface area (Å²) in [5.74, 6) is -0.545. The molecule has 0 aromatic heterocycles. The Labute approximate surface area is 124 Å². The fourth-order valence-electron chi connectivity index (χ4n) is 1.76. The van der Waals surface area contributed by atoms with E-state index in [4.69, 9.17) is 10.9 Å². The molecule has 104 valence electrons. The van der Waals surface area contributed by atoms with E-state index in [-0.39, 0.29) is 5.84 Å². The number of anilines is 1. The molecule has 0 unspecified atom stereocenters. The van der Waals surface area contributed by atoms with Crippen molar-refractivity contribution < 1.29 is 9.60 Å². The molecule has 2 rings (SSSR count). The maximum Gasteiger partial charge on any atom is 0.170 e. The summed E-state index contributed by atoms with van der Waals surface area (Å²) in [7, 11) is 0. The number of nitrogens with two attached hydrogens (primary N) is 1. The van der Waals surface area contributed by atoms with Gasteiger partial charge in [0.25, 0.3) is 0 Å². The molecule has 0 radical (unpaired) electrons. The maximum atomic E-state index is 13.2. The summed E-state index contributed by atoms with van der Waals surface area (Å²) in [6, 6.07) is 11.8. The van der Waals surface area contributed by atoms with E-state index < -0.39 is 5.82 Å². The molecule has 2 aromatic carbocycles. The van der Waals surface area contributed by atoms with E-state index in [0.717, 1.165) is 15.7 Å². The van der Waals surface area contributed by atoms with Gasteiger partial charge in [-0.2, -0.15) is 0 Å². The Balaban J connectivity index is 2.19. The summed E-state index contributed by atoms with van der Waals surface area (Å²) in [5, 5.41) is 14.8. The van der Waals surface area contributed by atoms with E-state index in [2.05, 4.69) is 26.4 Å². The number of hydrogen-bond donors (Lipinski definition) is 3. The molecule has 0 aliphatic rings. The highest BCUT2D eigenvalue weighted by atomic mass is 79.9. The summed E-state index contributed by atoms with van der Waals surface area (Å²) in [4.78, 5) is 0. The third-order valence-electron chi connectivity index (χ3n) is 2.78. The molecule has 20 heavy (non-hydrogen) atoms. The van der Waals surface area contributed by atoms with E-state index in [1.165, 1.54) is 12.1 Å². The van der Waals surface area contributed by atoms with Crippen LogP contribution in [0.15, 0.2) is 52.1 Å². The minimum atomic E-state index is -0.431. The Kier molecular flexibility index (Phi) is 4.57. The fraction of sp³-hybridized carbons (Fsp3) is 0.0714. The lowest BCUT2D eigenvalue weighted by Crippen LogP contribution is -2.17. The lowest BCUT2D eigenvalue weighted by Gasteiger charge is -2.11. The number of amidine groups is 1. The number of oxime groups is 1. The van der Waals surface area contributed by atoms with Crippen LogP contribution in [0, 0.1) is 5.82 Å². The van der Waals surface area contributed by atoms with Crippen LogP contribution in [0.2, 0.25) is 0 Å². The third kappa shape index (κ3) is 3.48. The average Bonchev–Trinajstić information content (AvgIpc) is 2.46. The second-order valence-electron chi connectivity index (χ2n) is 4.15. The van der Waals surface area contributed by atoms with Crippen LogP contribution in [0.25, 0.3) is 0 Å². The standard InChI is InChI=1S/C14H13BrFN3O/c15-10-2-5-12(6-3-10)18-8-9-1-4-11(16)7-13(9)14(17)19-20/h1-7,18,20H,8H2,(H2,17,19). The van der Waals surface area contributed by atoms with Crippen molar-refractivity contribution in [3.63, 3.8) is 0 Å². The molecule has 0 amide bonds. The lowest BCUT2D eigenvalue weighted by molar-refractivity contribution is 0.318. The molecule has 0 saturated carbocycles. The molecule has 0 spiro atoms. The summed E-state index contributed by atoms with van der Waals surface area (Å²) < 4.78 is 14.2. The molecular weight excluding hydrogens is 325 g/mol. The third-order valence-corrected chi connectivity index (χ3v) is 3.31. The second-order valence-corrected chi connectivity index (χ2v) is 5.06. The van der Waals surface area contributed by atoms with E-state index in [0.29, 0.717) is 12.1 Å². The van der Waals surface area contributed by atoms with Crippen molar-refractivity contribution in [3.05, 3.63) is 63.9 Å². The van der Waals surface area contributed by atoms with Gasteiger partial charge >= 0.3 is 0 Å². The van der Waals surface area contributed by atoms with E-state index in [1.54, 1.807) is 6.07 Å². The van der Waals surface area contributed by atoms with Gasteiger partial charge in [-0.25, -0.2) is 4.39 Å². The first-order chi connectivity index (χ1) is 9.60. The van der Waals surface area contributed by atoms with Gasteiger partial charge in [-0.15, -0.1) is 0 Å². The van der Waals surface area contributed by atoms with Crippen molar-refractivity contribution in [1.82, 2.24) is 0 Å². The van der Waals surface area contributed by atoms with Gasteiger partial charge in [0.1, 0.15) is 5.82 Å². The Bertz CT molecular complexity index is 629. The number of benzene rings is 2. The SMILES string of the molecule is NC(=NO)c1cc(F)ccc1CNc1ccc(Br)cc1. The van der Waals surface area contributed by atoms with E-state index in [1.807, 2.05) is 24.3 Å². The summed E-state index contributed by atoms with van der Waals surface area (Å²) in [5.41, 5.74) is 7.58. The van der Waals surface area contributed by atoms with Crippen molar-refractivity contribution in [2.45, 2.75) is 6.54 Å². The molecule has 0 aliphatic heterocycles. The van der Waals surface area contributed by atoms with Gasteiger partial charge < -0.3 is 16.3 Å². The van der Waals surface area contributed by atoms with Crippen LogP contribution in [0.3, 0.4) is 0 Å². The Morgan fingerprint density at radius 3 is 2.60 bits per heavy atom. The molecule has 4 nitrogen and oxygen atoms in total. The molecule has 0 aliphatic carbocycles. The molecule has 6 heteroatoms. The average molecular weight is 338 g/mol. The molecule has 0 heterocycles. The van der Waals surface area contributed by atoms with Crippen LogP contribution in [-0.4, -0.2) is 11.0 Å². The molecular formula is C14H13BrFN3O. The van der Waals surface area contributed by atoms with E-state index in [9.17, 15) is 4.39 Å². The number of halogens is 2. The van der Waals surface area contributed by atoms with Crippen LogP contribution in [0.4, 0.5) is 10.1 Å². The number of rotatable bonds is 4. The quantitative estimate of drug-likeness (QED) is 0.347. The molecule has 0 bridgehead atoms. The zero-order chi connectivity index (χ0) is 14.5. The summed E-state index contributed by atoms with van der Waals surface area (Å²) in [6.45, 7) is 0.438. The molecule has 0 saturated heterocycles. The molecule has 4 N–H and O–H groups in total. The predicted octanol–water partition coefficient (Wildman–Crippen LogP) is 3.29. The minimum absolute atomic E-state index is 0.114. The van der Waals surface area contributed by atoms with Gasteiger partial charge in [0.15, 0.2) is 5.84 Å². The number of nitrogens with one attached hydrogen (secondary N) is 1. The van der Waals surface area contributed by atoms with E-state index >= 15 is 0 Å². The highest BCUT2D eigenvalue weighted by molar-refractivity contribution is 9.10. The van der Waals surface area contributed by atoms with Gasteiger partial charge in [-0.05, 0) is 42.0 Å². The van der Waals surface area contributed by atoms with Crippen LogP contribution >= 0.6 is 15.9 Å². The second kappa shape index (κ2) is 6.38. The van der Waals surface area contributed by atoms with Gasteiger partial charge in [-0.3, -0.25) is 0 Å². The first-order valence-corrected chi connectivity index (χ1v) is 6.65. The predicted molar refractivity (Wildman–Crippen MR) is 80.4 cm³/mol. The lowest BCUT2D eigenvalue weighted by atomic mass is 10.1. The smallest absolute Gasteiger partial charge is 0.170 e. The van der Waals surface area contributed by atoms with Crippen LogP contribution in [-0.2, 0) is 6.54 Å². The zero-order valence-corrected chi connectivity index (χ0v) is 12.1. The molecule has 2 aromatic rings. The van der Waals surface area contributed by atoms with Crippen molar-refractivity contribution in [2.24, 2.45) is 10.9 Å². The van der Waals surface area contributed by atoms with Crippen LogP contribution in [0.1, 0.15) is 11.1 Å². The number of nitrogens with zero attached hydrogens (tertiary/aromatic N) is 1. The van der Waals surface area contributed by atoms with Crippen molar-refractivity contribution in [3.8, 4) is 0 Å². The van der Waals surface area contributed by atoms with Gasteiger partial charge in [0, 0.05) is 22.3 Å². The highest BCUT2D eigenvalue weighted by Crippen LogP contribution is 2.17. The summed E-state index contributed by atoms with van der Waals surface area (Å²) >= 11 is 3.36. The highest BCUT2D eigenvalue weighted by Gasteiger charge is 2.08. The van der Waals surface area contributed by atoms with Crippen LogP contribution < -0.4 is 11.1 Å². The van der Waals surface area contributed by atoms with Gasteiger partial charge in [0.2, 0.25) is 0 Å². The first kappa shape index (κ1) is 14.3. The minimum Gasteiger partial charge on any atom is -0.409 e.